The Morgan fingerprint density at radius 1 is 1.19 bits per heavy atom. The van der Waals surface area contributed by atoms with Gasteiger partial charge in [-0.05, 0) is 24.5 Å². The van der Waals surface area contributed by atoms with Crippen LogP contribution in [0.5, 0.6) is 11.5 Å². The van der Waals surface area contributed by atoms with Crippen molar-refractivity contribution in [2.75, 3.05) is 32.9 Å². The van der Waals surface area contributed by atoms with E-state index in [2.05, 4.69) is 23.5 Å². The maximum absolute atomic E-state index is 12.9. The SMILES string of the molecule is CC(C)[C@@H]1CN2C[C@@H](NS(=O)(=O)c3cccc4c3OCCO4)C[C@H]2CO1. The van der Waals surface area contributed by atoms with E-state index >= 15 is 0 Å². The van der Waals surface area contributed by atoms with E-state index in [9.17, 15) is 8.42 Å². The summed E-state index contributed by atoms with van der Waals surface area (Å²) >= 11 is 0. The number of para-hydroxylation sites is 1. The van der Waals surface area contributed by atoms with Crippen molar-refractivity contribution in [2.24, 2.45) is 5.92 Å². The van der Waals surface area contributed by atoms with Gasteiger partial charge in [0, 0.05) is 25.2 Å². The summed E-state index contributed by atoms with van der Waals surface area (Å²) in [6.07, 6.45) is 0.976. The average molecular weight is 382 g/mol. The van der Waals surface area contributed by atoms with Crippen LogP contribution in [0.15, 0.2) is 23.1 Å². The van der Waals surface area contributed by atoms with Gasteiger partial charge >= 0.3 is 0 Å². The van der Waals surface area contributed by atoms with Crippen LogP contribution in [-0.2, 0) is 14.8 Å². The maximum Gasteiger partial charge on any atom is 0.244 e. The van der Waals surface area contributed by atoms with Crippen LogP contribution in [0.3, 0.4) is 0 Å². The molecule has 1 N–H and O–H groups in total. The zero-order chi connectivity index (χ0) is 18.3. The Kier molecular flexibility index (Phi) is 4.85. The van der Waals surface area contributed by atoms with Gasteiger partial charge < -0.3 is 14.2 Å². The Balaban J connectivity index is 1.48. The fourth-order valence-corrected chi connectivity index (χ4v) is 5.33. The van der Waals surface area contributed by atoms with Crippen molar-refractivity contribution in [2.45, 2.75) is 43.4 Å². The summed E-state index contributed by atoms with van der Waals surface area (Å²) < 4.78 is 45.7. The van der Waals surface area contributed by atoms with Gasteiger partial charge in [-0.2, -0.15) is 0 Å². The molecule has 3 aliphatic rings. The number of ether oxygens (including phenoxy) is 3. The molecule has 2 saturated heterocycles. The lowest BCUT2D eigenvalue weighted by Gasteiger charge is -2.36. The fraction of sp³-hybridized carbons (Fsp3) is 0.667. The molecule has 0 unspecified atom stereocenters. The molecule has 1 aromatic carbocycles. The number of sulfonamides is 1. The predicted molar refractivity (Wildman–Crippen MR) is 96.1 cm³/mol. The van der Waals surface area contributed by atoms with Crippen molar-refractivity contribution in [3.05, 3.63) is 18.2 Å². The number of rotatable bonds is 4. The molecule has 7 nitrogen and oxygen atoms in total. The first-order valence-electron chi connectivity index (χ1n) is 9.20. The normalized spacial score (nSPS) is 29.0. The molecule has 144 valence electrons. The first-order chi connectivity index (χ1) is 12.4. The summed E-state index contributed by atoms with van der Waals surface area (Å²) in [7, 11) is -3.68. The first-order valence-corrected chi connectivity index (χ1v) is 10.7. The van der Waals surface area contributed by atoms with Crippen molar-refractivity contribution in [3.8, 4) is 11.5 Å². The van der Waals surface area contributed by atoms with Gasteiger partial charge in [0.1, 0.15) is 18.1 Å². The molecule has 8 heteroatoms. The molecule has 0 radical (unpaired) electrons. The molecule has 0 spiro atoms. The zero-order valence-electron chi connectivity index (χ0n) is 15.2. The van der Waals surface area contributed by atoms with Gasteiger partial charge in [-0.1, -0.05) is 19.9 Å². The number of benzene rings is 1. The van der Waals surface area contributed by atoms with Gasteiger partial charge in [-0.3, -0.25) is 4.90 Å². The molecular formula is C18H26N2O5S. The van der Waals surface area contributed by atoms with Gasteiger partial charge in [0.05, 0.1) is 12.7 Å². The van der Waals surface area contributed by atoms with Gasteiger partial charge in [-0.25, -0.2) is 13.1 Å². The molecule has 3 heterocycles. The Morgan fingerprint density at radius 3 is 2.81 bits per heavy atom. The summed E-state index contributed by atoms with van der Waals surface area (Å²) in [6, 6.07) is 5.13. The summed E-state index contributed by atoms with van der Waals surface area (Å²) in [6.45, 7) is 7.33. The van der Waals surface area contributed by atoms with Crippen molar-refractivity contribution < 1.29 is 22.6 Å². The van der Waals surface area contributed by atoms with Crippen LogP contribution in [0.4, 0.5) is 0 Å². The van der Waals surface area contributed by atoms with Crippen LogP contribution in [0.1, 0.15) is 20.3 Å². The van der Waals surface area contributed by atoms with Crippen molar-refractivity contribution >= 4 is 10.0 Å². The van der Waals surface area contributed by atoms with E-state index < -0.39 is 10.0 Å². The van der Waals surface area contributed by atoms with Gasteiger partial charge in [0.15, 0.2) is 11.5 Å². The molecule has 26 heavy (non-hydrogen) atoms. The molecule has 0 amide bonds. The van der Waals surface area contributed by atoms with Crippen molar-refractivity contribution in [1.29, 1.82) is 0 Å². The highest BCUT2D eigenvalue weighted by atomic mass is 32.2. The smallest absolute Gasteiger partial charge is 0.244 e. The van der Waals surface area contributed by atoms with E-state index in [4.69, 9.17) is 14.2 Å². The number of nitrogens with zero attached hydrogens (tertiary/aromatic N) is 1. The second-order valence-electron chi connectivity index (χ2n) is 7.56. The maximum atomic E-state index is 12.9. The van der Waals surface area contributed by atoms with Crippen molar-refractivity contribution in [3.63, 3.8) is 0 Å². The molecule has 0 aromatic heterocycles. The predicted octanol–water partition coefficient (Wildman–Crippen LogP) is 1.23. The highest BCUT2D eigenvalue weighted by Crippen LogP contribution is 2.36. The second kappa shape index (κ2) is 6.99. The Hall–Kier alpha value is -1.35. The molecule has 3 atom stereocenters. The standard InChI is InChI=1S/C18H26N2O5S/c1-12(2)16-10-20-9-13(8-14(20)11-25-16)19-26(21,22)17-5-3-4-15-18(17)24-7-6-23-15/h3-5,12-14,16,19H,6-11H2,1-2H3/t13-,14-,16-/m0/s1. The zero-order valence-corrected chi connectivity index (χ0v) is 16.0. The summed E-state index contributed by atoms with van der Waals surface area (Å²) in [5, 5.41) is 0. The summed E-state index contributed by atoms with van der Waals surface area (Å²) in [5.41, 5.74) is 0. The molecule has 2 fully saturated rings. The highest BCUT2D eigenvalue weighted by molar-refractivity contribution is 7.89. The third-order valence-electron chi connectivity index (χ3n) is 5.33. The van der Waals surface area contributed by atoms with E-state index in [1.807, 2.05) is 0 Å². The van der Waals surface area contributed by atoms with Crippen LogP contribution in [0.25, 0.3) is 0 Å². The minimum Gasteiger partial charge on any atom is -0.486 e. The second-order valence-corrected chi connectivity index (χ2v) is 9.24. The monoisotopic (exact) mass is 382 g/mol. The van der Waals surface area contributed by atoms with E-state index in [-0.39, 0.29) is 23.1 Å². The van der Waals surface area contributed by atoms with Crippen LogP contribution >= 0.6 is 0 Å². The highest BCUT2D eigenvalue weighted by Gasteiger charge is 2.40. The number of fused-ring (bicyclic) bond motifs is 2. The molecule has 0 saturated carbocycles. The summed E-state index contributed by atoms with van der Waals surface area (Å²) in [5.74, 6) is 1.25. The van der Waals surface area contributed by atoms with Crippen LogP contribution in [0, 0.1) is 5.92 Å². The van der Waals surface area contributed by atoms with Crippen LogP contribution < -0.4 is 14.2 Å². The molecule has 1 aromatic rings. The van der Waals surface area contributed by atoms with Crippen molar-refractivity contribution in [1.82, 2.24) is 9.62 Å². The largest absolute Gasteiger partial charge is 0.486 e. The molecule has 0 aliphatic carbocycles. The Labute approximate surface area is 154 Å². The van der Waals surface area contributed by atoms with E-state index in [0.29, 0.717) is 43.8 Å². The lowest BCUT2D eigenvalue weighted by Crippen LogP contribution is -2.48. The van der Waals surface area contributed by atoms with Gasteiger partial charge in [0.2, 0.25) is 10.0 Å². The van der Waals surface area contributed by atoms with Crippen LogP contribution in [0.2, 0.25) is 0 Å². The molecule has 3 aliphatic heterocycles. The Morgan fingerprint density at radius 2 is 2.00 bits per heavy atom. The Bertz CT molecular complexity index is 767. The minimum absolute atomic E-state index is 0.125. The third-order valence-corrected chi connectivity index (χ3v) is 6.87. The molecular weight excluding hydrogens is 356 g/mol. The molecule has 0 bridgehead atoms. The number of nitrogens with one attached hydrogen (secondary N) is 1. The number of hydrogen-bond acceptors (Lipinski definition) is 6. The fourth-order valence-electron chi connectivity index (χ4n) is 3.93. The van der Waals surface area contributed by atoms with Gasteiger partial charge in [-0.15, -0.1) is 0 Å². The van der Waals surface area contributed by atoms with Gasteiger partial charge in [0.25, 0.3) is 0 Å². The summed E-state index contributed by atoms with van der Waals surface area (Å²) in [4.78, 5) is 2.50. The van der Waals surface area contributed by atoms with Crippen LogP contribution in [-0.4, -0.2) is 64.4 Å². The molecule has 4 rings (SSSR count). The van der Waals surface area contributed by atoms with E-state index in [1.54, 1.807) is 18.2 Å². The van der Waals surface area contributed by atoms with E-state index in [1.165, 1.54) is 0 Å². The number of hydrogen-bond donors (Lipinski definition) is 1. The topological polar surface area (TPSA) is 77.1 Å². The number of morpholine rings is 1. The first kappa shape index (κ1) is 18.0. The quantitative estimate of drug-likeness (QED) is 0.844. The average Bonchev–Trinajstić information content (AvgIpc) is 3.01. The lowest BCUT2D eigenvalue weighted by atomic mass is 10.0. The minimum atomic E-state index is -3.68. The van der Waals surface area contributed by atoms with E-state index in [0.717, 1.165) is 13.0 Å². The lowest BCUT2D eigenvalue weighted by molar-refractivity contribution is -0.0683. The third kappa shape index (κ3) is 3.43.